The van der Waals surface area contributed by atoms with Crippen LogP contribution < -0.4 is 4.74 Å². The van der Waals surface area contributed by atoms with Gasteiger partial charge in [-0.2, -0.15) is 13.2 Å². The molecular weight excluding hydrogens is 256 g/mol. The zero-order valence-electron chi connectivity index (χ0n) is 9.38. The van der Waals surface area contributed by atoms with Crippen molar-refractivity contribution in [3.8, 4) is 5.75 Å². The number of benzene rings is 1. The van der Waals surface area contributed by atoms with Crippen LogP contribution in [0.5, 0.6) is 5.75 Å². The maximum Gasteiger partial charge on any atom is 0.419 e. The standard InChI is InChI=1S/C11H10F4O3/c1-7(16)17-4-5-18-8-2-3-10(12)9(6-8)11(13,14)15/h2-3,6H,4-5H2,1H3. The fourth-order valence-corrected chi connectivity index (χ4v) is 1.16. The lowest BCUT2D eigenvalue weighted by Gasteiger charge is -2.11. The van der Waals surface area contributed by atoms with Gasteiger partial charge >= 0.3 is 12.1 Å². The van der Waals surface area contributed by atoms with Crippen LogP contribution >= 0.6 is 0 Å². The number of halogens is 4. The van der Waals surface area contributed by atoms with Crippen molar-refractivity contribution in [2.75, 3.05) is 13.2 Å². The summed E-state index contributed by atoms with van der Waals surface area (Å²) in [5.74, 6) is -2.03. The zero-order valence-corrected chi connectivity index (χ0v) is 9.38. The summed E-state index contributed by atoms with van der Waals surface area (Å²) in [5, 5.41) is 0. The Labute approximate surface area is 100 Å². The summed E-state index contributed by atoms with van der Waals surface area (Å²) in [6, 6.07) is 2.30. The fraction of sp³-hybridized carbons (Fsp3) is 0.364. The summed E-state index contributed by atoms with van der Waals surface area (Å²) in [7, 11) is 0. The summed E-state index contributed by atoms with van der Waals surface area (Å²) in [5.41, 5.74) is -1.40. The lowest BCUT2D eigenvalue weighted by atomic mass is 10.2. The molecule has 0 N–H and O–H groups in total. The van der Waals surface area contributed by atoms with Gasteiger partial charge in [-0.15, -0.1) is 0 Å². The first-order valence-electron chi connectivity index (χ1n) is 4.93. The minimum atomic E-state index is -4.78. The second-order valence-electron chi connectivity index (χ2n) is 3.33. The van der Waals surface area contributed by atoms with E-state index in [1.807, 2.05) is 0 Å². The molecule has 0 bridgehead atoms. The molecule has 0 radical (unpaired) electrons. The molecule has 1 aromatic rings. The van der Waals surface area contributed by atoms with E-state index in [2.05, 4.69) is 4.74 Å². The van der Waals surface area contributed by atoms with E-state index in [9.17, 15) is 22.4 Å². The van der Waals surface area contributed by atoms with Crippen molar-refractivity contribution in [2.24, 2.45) is 0 Å². The third kappa shape index (κ3) is 4.23. The zero-order chi connectivity index (χ0) is 13.8. The van der Waals surface area contributed by atoms with Crippen LogP contribution in [0.25, 0.3) is 0 Å². The Kier molecular flexibility index (Phi) is 4.52. The predicted octanol–water partition coefficient (Wildman–Crippen LogP) is 2.79. The molecule has 0 saturated heterocycles. The van der Waals surface area contributed by atoms with Crippen LogP contribution in [0.1, 0.15) is 12.5 Å². The van der Waals surface area contributed by atoms with Gasteiger partial charge in [0.05, 0.1) is 5.56 Å². The molecule has 0 aliphatic heterocycles. The minimum absolute atomic E-state index is 0.0892. The molecule has 1 rings (SSSR count). The normalized spacial score (nSPS) is 11.2. The SMILES string of the molecule is CC(=O)OCCOc1ccc(F)c(C(F)(F)F)c1. The molecule has 0 saturated carbocycles. The van der Waals surface area contributed by atoms with E-state index in [1.54, 1.807) is 0 Å². The molecule has 3 nitrogen and oxygen atoms in total. The van der Waals surface area contributed by atoms with Crippen molar-refractivity contribution >= 4 is 5.97 Å². The average molecular weight is 266 g/mol. The van der Waals surface area contributed by atoms with Gasteiger partial charge in [-0.1, -0.05) is 0 Å². The van der Waals surface area contributed by atoms with Gasteiger partial charge in [0.25, 0.3) is 0 Å². The number of hydrogen-bond donors (Lipinski definition) is 0. The summed E-state index contributed by atoms with van der Waals surface area (Å²) in [4.78, 5) is 10.4. The second kappa shape index (κ2) is 5.70. The fourth-order valence-electron chi connectivity index (χ4n) is 1.16. The van der Waals surface area contributed by atoms with E-state index < -0.39 is 23.5 Å². The highest BCUT2D eigenvalue weighted by molar-refractivity contribution is 5.65. The molecule has 0 spiro atoms. The van der Waals surface area contributed by atoms with Crippen molar-refractivity contribution in [2.45, 2.75) is 13.1 Å². The summed E-state index contributed by atoms with van der Waals surface area (Å²) < 4.78 is 59.4. The summed E-state index contributed by atoms with van der Waals surface area (Å²) >= 11 is 0. The van der Waals surface area contributed by atoms with Crippen LogP contribution in [0.2, 0.25) is 0 Å². The van der Waals surface area contributed by atoms with Gasteiger partial charge in [0.2, 0.25) is 0 Å². The Hall–Kier alpha value is -1.79. The number of ether oxygens (including phenoxy) is 2. The Balaban J connectivity index is 2.65. The van der Waals surface area contributed by atoms with E-state index in [0.717, 1.165) is 6.07 Å². The molecule has 1 aromatic carbocycles. The topological polar surface area (TPSA) is 35.5 Å². The molecule has 100 valence electrons. The number of esters is 1. The minimum Gasteiger partial charge on any atom is -0.490 e. The average Bonchev–Trinajstić information content (AvgIpc) is 2.24. The van der Waals surface area contributed by atoms with Gasteiger partial charge in [-0.3, -0.25) is 4.79 Å². The quantitative estimate of drug-likeness (QED) is 0.477. The Morgan fingerprint density at radius 1 is 1.28 bits per heavy atom. The first-order valence-corrected chi connectivity index (χ1v) is 4.93. The summed E-state index contributed by atoms with van der Waals surface area (Å²) in [6.45, 7) is 0.996. The van der Waals surface area contributed by atoms with E-state index in [1.165, 1.54) is 6.92 Å². The second-order valence-corrected chi connectivity index (χ2v) is 3.33. The Morgan fingerprint density at radius 3 is 2.50 bits per heavy atom. The number of alkyl halides is 3. The van der Waals surface area contributed by atoms with Gasteiger partial charge in [0.1, 0.15) is 24.8 Å². The molecule has 0 heterocycles. The van der Waals surface area contributed by atoms with E-state index in [-0.39, 0.29) is 19.0 Å². The number of rotatable bonds is 4. The molecule has 18 heavy (non-hydrogen) atoms. The summed E-state index contributed by atoms with van der Waals surface area (Å²) in [6.07, 6.45) is -4.78. The van der Waals surface area contributed by atoms with E-state index in [4.69, 9.17) is 4.74 Å². The lowest BCUT2D eigenvalue weighted by molar-refractivity contribution is -0.141. The molecule has 0 atom stereocenters. The van der Waals surface area contributed by atoms with Crippen molar-refractivity contribution in [3.63, 3.8) is 0 Å². The predicted molar refractivity (Wildman–Crippen MR) is 53.5 cm³/mol. The lowest BCUT2D eigenvalue weighted by Crippen LogP contribution is -2.11. The van der Waals surface area contributed by atoms with Crippen molar-refractivity contribution < 1.29 is 31.8 Å². The van der Waals surface area contributed by atoms with Crippen LogP contribution in [0.4, 0.5) is 17.6 Å². The highest BCUT2D eigenvalue weighted by atomic mass is 19.4. The number of hydrogen-bond acceptors (Lipinski definition) is 3. The maximum atomic E-state index is 12.9. The molecule has 0 aliphatic carbocycles. The van der Waals surface area contributed by atoms with Gasteiger partial charge in [-0.25, -0.2) is 4.39 Å². The smallest absolute Gasteiger partial charge is 0.419 e. The molecule has 0 aliphatic rings. The van der Waals surface area contributed by atoms with Crippen LogP contribution in [0, 0.1) is 5.82 Å². The molecule has 0 fully saturated rings. The first-order chi connectivity index (χ1) is 8.30. The number of carbonyl (C=O) groups excluding carboxylic acids is 1. The highest BCUT2D eigenvalue weighted by Crippen LogP contribution is 2.33. The monoisotopic (exact) mass is 266 g/mol. The molecule has 0 aromatic heterocycles. The Bertz CT molecular complexity index is 429. The van der Waals surface area contributed by atoms with Crippen LogP contribution in [0.3, 0.4) is 0 Å². The van der Waals surface area contributed by atoms with Gasteiger partial charge < -0.3 is 9.47 Å². The van der Waals surface area contributed by atoms with Gasteiger partial charge in [0.15, 0.2) is 0 Å². The van der Waals surface area contributed by atoms with E-state index >= 15 is 0 Å². The van der Waals surface area contributed by atoms with Crippen LogP contribution in [-0.2, 0) is 15.7 Å². The van der Waals surface area contributed by atoms with Crippen LogP contribution in [-0.4, -0.2) is 19.2 Å². The first kappa shape index (κ1) is 14.3. The molecule has 7 heteroatoms. The molecular formula is C11H10F4O3. The molecule has 0 unspecified atom stereocenters. The largest absolute Gasteiger partial charge is 0.490 e. The van der Waals surface area contributed by atoms with Gasteiger partial charge in [0, 0.05) is 6.92 Å². The van der Waals surface area contributed by atoms with Crippen LogP contribution in [0.15, 0.2) is 18.2 Å². The van der Waals surface area contributed by atoms with Crippen molar-refractivity contribution in [1.82, 2.24) is 0 Å². The molecule has 0 amide bonds. The van der Waals surface area contributed by atoms with Crippen molar-refractivity contribution in [3.05, 3.63) is 29.6 Å². The third-order valence-electron chi connectivity index (χ3n) is 1.90. The maximum absolute atomic E-state index is 12.9. The number of carbonyl (C=O) groups is 1. The Morgan fingerprint density at radius 2 is 1.94 bits per heavy atom. The third-order valence-corrected chi connectivity index (χ3v) is 1.90. The van der Waals surface area contributed by atoms with Gasteiger partial charge in [-0.05, 0) is 18.2 Å². The van der Waals surface area contributed by atoms with E-state index in [0.29, 0.717) is 12.1 Å². The highest BCUT2D eigenvalue weighted by Gasteiger charge is 2.34. The van der Waals surface area contributed by atoms with Crippen molar-refractivity contribution in [1.29, 1.82) is 0 Å².